The molecule has 0 atom stereocenters. The number of hydrogen-bond donors (Lipinski definition) is 1. The fraction of sp³-hybridized carbons (Fsp3) is 0. The Labute approximate surface area is 134 Å². The molecular weight excluding hydrogens is 329 g/mol. The van der Waals surface area contributed by atoms with Gasteiger partial charge in [-0.3, -0.25) is 4.98 Å². The highest BCUT2D eigenvalue weighted by atomic mass is 35.5. The monoisotopic (exact) mass is 336 g/mol. The Morgan fingerprint density at radius 1 is 1.00 bits per heavy atom. The summed E-state index contributed by atoms with van der Waals surface area (Å²) in [5.74, 6) is -3.79. The maximum Gasteiger partial charge on any atom is 0.196 e. The highest BCUT2D eigenvalue weighted by Gasteiger charge is 2.14. The quantitative estimate of drug-likeness (QED) is 0.570. The summed E-state index contributed by atoms with van der Waals surface area (Å²) in [7, 11) is 0. The van der Waals surface area contributed by atoms with Crippen molar-refractivity contribution in [1.82, 2.24) is 15.0 Å². The maximum absolute atomic E-state index is 13.7. The molecule has 1 aromatic carbocycles. The van der Waals surface area contributed by atoms with E-state index >= 15 is 0 Å². The number of benzene rings is 1. The number of pyridine rings is 1. The smallest absolute Gasteiger partial charge is 0.196 e. The van der Waals surface area contributed by atoms with E-state index in [2.05, 4.69) is 20.3 Å². The fourth-order valence-corrected chi connectivity index (χ4v) is 2.05. The molecule has 1 N–H and O–H groups in total. The molecule has 0 saturated carbocycles. The summed E-state index contributed by atoms with van der Waals surface area (Å²) in [5.41, 5.74) is 0.333. The van der Waals surface area contributed by atoms with Crippen LogP contribution < -0.4 is 5.32 Å². The van der Waals surface area contributed by atoms with E-state index in [1.54, 1.807) is 18.3 Å². The van der Waals surface area contributed by atoms with Crippen molar-refractivity contribution in [3.63, 3.8) is 0 Å². The minimum absolute atomic E-state index is 0.101. The standard InChI is InChI=1S/C15H8ClF3N4/c16-11-6-12(21-10-4-3-9(17)13(18)14(10)19)23-15(22-11)8-2-1-5-20-7-8/h1-7H,(H,21,22,23). The molecule has 0 bridgehead atoms. The van der Waals surface area contributed by atoms with Gasteiger partial charge >= 0.3 is 0 Å². The van der Waals surface area contributed by atoms with Crippen molar-refractivity contribution in [2.75, 3.05) is 5.32 Å². The molecule has 0 unspecified atom stereocenters. The lowest BCUT2D eigenvalue weighted by Crippen LogP contribution is -2.02. The number of hydrogen-bond acceptors (Lipinski definition) is 4. The zero-order chi connectivity index (χ0) is 16.4. The molecule has 2 aromatic heterocycles. The molecule has 0 radical (unpaired) electrons. The Balaban J connectivity index is 1.98. The van der Waals surface area contributed by atoms with Gasteiger partial charge in [-0.1, -0.05) is 11.6 Å². The second kappa shape index (κ2) is 6.21. The Morgan fingerprint density at radius 3 is 2.57 bits per heavy atom. The lowest BCUT2D eigenvalue weighted by atomic mass is 10.2. The molecule has 4 nitrogen and oxygen atoms in total. The first kappa shape index (κ1) is 15.2. The maximum atomic E-state index is 13.7. The van der Waals surface area contributed by atoms with Crippen LogP contribution in [0.2, 0.25) is 5.15 Å². The number of nitrogens with one attached hydrogen (secondary N) is 1. The van der Waals surface area contributed by atoms with E-state index in [0.29, 0.717) is 5.56 Å². The lowest BCUT2D eigenvalue weighted by molar-refractivity contribution is 0.449. The largest absolute Gasteiger partial charge is 0.338 e. The van der Waals surface area contributed by atoms with Crippen LogP contribution in [0.4, 0.5) is 24.7 Å². The third-order valence-electron chi connectivity index (χ3n) is 2.91. The molecule has 3 aromatic rings. The first-order valence-corrected chi connectivity index (χ1v) is 6.78. The molecule has 3 rings (SSSR count). The van der Waals surface area contributed by atoms with Crippen molar-refractivity contribution < 1.29 is 13.2 Å². The molecule has 0 amide bonds. The van der Waals surface area contributed by atoms with Crippen LogP contribution in [0.3, 0.4) is 0 Å². The second-order valence-electron chi connectivity index (χ2n) is 4.49. The van der Waals surface area contributed by atoms with E-state index in [0.717, 1.165) is 12.1 Å². The van der Waals surface area contributed by atoms with E-state index in [-0.39, 0.29) is 22.5 Å². The van der Waals surface area contributed by atoms with Gasteiger partial charge in [0.1, 0.15) is 11.0 Å². The topological polar surface area (TPSA) is 50.7 Å². The molecule has 8 heteroatoms. The van der Waals surface area contributed by atoms with E-state index in [9.17, 15) is 13.2 Å². The first-order chi connectivity index (χ1) is 11.0. The Morgan fingerprint density at radius 2 is 1.83 bits per heavy atom. The van der Waals surface area contributed by atoms with Crippen molar-refractivity contribution in [3.8, 4) is 11.4 Å². The van der Waals surface area contributed by atoms with Gasteiger partial charge in [-0.2, -0.15) is 0 Å². The van der Waals surface area contributed by atoms with E-state index < -0.39 is 17.5 Å². The van der Waals surface area contributed by atoms with Crippen LogP contribution in [-0.4, -0.2) is 15.0 Å². The van der Waals surface area contributed by atoms with Crippen LogP contribution >= 0.6 is 11.6 Å². The van der Waals surface area contributed by atoms with Crippen LogP contribution in [0.25, 0.3) is 11.4 Å². The number of aromatic nitrogens is 3. The minimum atomic E-state index is -1.57. The van der Waals surface area contributed by atoms with Gasteiger partial charge < -0.3 is 5.32 Å². The normalized spacial score (nSPS) is 10.6. The first-order valence-electron chi connectivity index (χ1n) is 6.40. The summed E-state index contributed by atoms with van der Waals surface area (Å²) >= 11 is 5.92. The molecular formula is C15H8ClF3N4. The summed E-state index contributed by atoms with van der Waals surface area (Å²) in [6, 6.07) is 6.63. The fourth-order valence-electron chi connectivity index (χ4n) is 1.87. The highest BCUT2D eigenvalue weighted by molar-refractivity contribution is 6.29. The second-order valence-corrected chi connectivity index (χ2v) is 4.88. The average molecular weight is 337 g/mol. The summed E-state index contributed by atoms with van der Waals surface area (Å²) in [5, 5.41) is 2.65. The van der Waals surface area contributed by atoms with Gasteiger partial charge in [0.25, 0.3) is 0 Å². The summed E-state index contributed by atoms with van der Waals surface area (Å²) in [6.45, 7) is 0. The zero-order valence-corrected chi connectivity index (χ0v) is 12.2. The van der Waals surface area contributed by atoms with Crippen LogP contribution in [0.15, 0.2) is 42.7 Å². The van der Waals surface area contributed by atoms with Gasteiger partial charge in [0.05, 0.1) is 5.69 Å². The molecule has 23 heavy (non-hydrogen) atoms. The third-order valence-corrected chi connectivity index (χ3v) is 3.11. The van der Waals surface area contributed by atoms with Crippen molar-refractivity contribution in [3.05, 3.63) is 65.3 Å². The molecule has 0 spiro atoms. The van der Waals surface area contributed by atoms with Crippen molar-refractivity contribution in [2.24, 2.45) is 0 Å². The number of halogens is 4. The van der Waals surface area contributed by atoms with Crippen LogP contribution in [-0.2, 0) is 0 Å². The molecule has 0 fully saturated rings. The predicted molar refractivity (Wildman–Crippen MR) is 79.9 cm³/mol. The summed E-state index contributed by atoms with van der Waals surface area (Å²) in [4.78, 5) is 12.2. The molecule has 0 saturated heterocycles. The van der Waals surface area contributed by atoms with E-state index in [1.165, 1.54) is 12.3 Å². The number of anilines is 2. The van der Waals surface area contributed by atoms with E-state index in [1.807, 2.05) is 0 Å². The Bertz CT molecular complexity index is 859. The van der Waals surface area contributed by atoms with Crippen molar-refractivity contribution in [2.45, 2.75) is 0 Å². The molecule has 0 aliphatic rings. The van der Waals surface area contributed by atoms with Crippen molar-refractivity contribution in [1.29, 1.82) is 0 Å². The summed E-state index contributed by atoms with van der Waals surface area (Å²) in [6.07, 6.45) is 3.12. The molecule has 0 aliphatic heterocycles. The average Bonchev–Trinajstić information content (AvgIpc) is 2.56. The highest BCUT2D eigenvalue weighted by Crippen LogP contribution is 2.25. The van der Waals surface area contributed by atoms with Gasteiger partial charge in [-0.25, -0.2) is 23.1 Å². The van der Waals surface area contributed by atoms with Gasteiger partial charge in [0.15, 0.2) is 23.3 Å². The minimum Gasteiger partial charge on any atom is -0.338 e. The third kappa shape index (κ3) is 3.24. The van der Waals surface area contributed by atoms with Crippen LogP contribution in [0.5, 0.6) is 0 Å². The van der Waals surface area contributed by atoms with Crippen LogP contribution in [0, 0.1) is 17.5 Å². The lowest BCUT2D eigenvalue weighted by Gasteiger charge is -2.09. The summed E-state index contributed by atoms with van der Waals surface area (Å²) < 4.78 is 39.9. The van der Waals surface area contributed by atoms with E-state index in [4.69, 9.17) is 11.6 Å². The van der Waals surface area contributed by atoms with Crippen LogP contribution in [0.1, 0.15) is 0 Å². The molecule has 0 aliphatic carbocycles. The number of nitrogens with zero attached hydrogens (tertiary/aromatic N) is 3. The molecule has 116 valence electrons. The van der Waals surface area contributed by atoms with Gasteiger partial charge in [-0.15, -0.1) is 0 Å². The van der Waals surface area contributed by atoms with Gasteiger partial charge in [-0.05, 0) is 24.3 Å². The predicted octanol–water partition coefficient (Wildman–Crippen LogP) is 4.35. The van der Waals surface area contributed by atoms with Gasteiger partial charge in [0, 0.05) is 24.0 Å². The zero-order valence-electron chi connectivity index (χ0n) is 11.4. The Kier molecular flexibility index (Phi) is 4.12. The van der Waals surface area contributed by atoms with Gasteiger partial charge in [0.2, 0.25) is 0 Å². The molecule has 2 heterocycles. The number of rotatable bonds is 3. The SMILES string of the molecule is Fc1ccc(Nc2cc(Cl)nc(-c3cccnc3)n2)c(F)c1F. The Hall–Kier alpha value is -2.67. The van der Waals surface area contributed by atoms with Crippen molar-refractivity contribution >= 4 is 23.1 Å².